The first-order valence-corrected chi connectivity index (χ1v) is 6.77. The number of benzene rings is 1. The van der Waals surface area contributed by atoms with Crippen LogP contribution in [0.2, 0.25) is 0 Å². The van der Waals surface area contributed by atoms with Crippen LogP contribution in [-0.2, 0) is 0 Å². The highest BCUT2D eigenvalue weighted by molar-refractivity contribution is 5.94. The molecule has 1 aromatic rings. The van der Waals surface area contributed by atoms with Gasteiger partial charge in [-0.15, -0.1) is 0 Å². The molecule has 4 heteroatoms. The first-order chi connectivity index (χ1) is 9.00. The highest BCUT2D eigenvalue weighted by atomic mass is 19.1. The van der Waals surface area contributed by atoms with Crippen LogP contribution in [0.15, 0.2) is 18.2 Å². The Balaban J connectivity index is 1.99. The lowest BCUT2D eigenvalue weighted by Crippen LogP contribution is -2.44. The molecule has 0 saturated heterocycles. The van der Waals surface area contributed by atoms with Gasteiger partial charge in [-0.1, -0.05) is 30.9 Å². The minimum Gasteiger partial charge on any atom is -0.388 e. The Labute approximate surface area is 112 Å². The second-order valence-electron chi connectivity index (χ2n) is 5.45. The Morgan fingerprint density at radius 2 is 2.05 bits per heavy atom. The van der Waals surface area contributed by atoms with E-state index in [9.17, 15) is 14.3 Å². The molecule has 2 N–H and O–H groups in total. The van der Waals surface area contributed by atoms with Crippen LogP contribution in [0.1, 0.15) is 48.0 Å². The first-order valence-electron chi connectivity index (χ1n) is 6.77. The molecule has 1 amide bonds. The molecule has 1 saturated carbocycles. The van der Waals surface area contributed by atoms with Gasteiger partial charge in [0.15, 0.2) is 0 Å². The van der Waals surface area contributed by atoms with Crippen molar-refractivity contribution >= 4 is 5.91 Å². The van der Waals surface area contributed by atoms with Crippen molar-refractivity contribution in [1.82, 2.24) is 5.32 Å². The van der Waals surface area contributed by atoms with E-state index in [1.165, 1.54) is 12.1 Å². The minimum atomic E-state index is -0.825. The molecule has 0 spiro atoms. The summed E-state index contributed by atoms with van der Waals surface area (Å²) in [6.07, 6.45) is 4.48. The molecule has 19 heavy (non-hydrogen) atoms. The van der Waals surface area contributed by atoms with Crippen LogP contribution in [0.5, 0.6) is 0 Å². The van der Waals surface area contributed by atoms with Gasteiger partial charge in [-0.2, -0.15) is 0 Å². The maximum atomic E-state index is 13.6. The molecule has 0 heterocycles. The molecule has 3 nitrogen and oxygen atoms in total. The quantitative estimate of drug-likeness (QED) is 0.882. The number of carbonyl (C=O) groups is 1. The van der Waals surface area contributed by atoms with Crippen LogP contribution in [0.3, 0.4) is 0 Å². The molecule has 0 atom stereocenters. The number of rotatable bonds is 3. The number of amides is 1. The summed E-state index contributed by atoms with van der Waals surface area (Å²) < 4.78 is 13.6. The number of halogens is 1. The molecule has 0 aromatic heterocycles. The number of nitrogens with one attached hydrogen (secondary N) is 1. The zero-order chi connectivity index (χ0) is 13.9. The maximum absolute atomic E-state index is 13.6. The normalized spacial score (nSPS) is 18.1. The third-order valence-corrected chi connectivity index (χ3v) is 3.73. The van der Waals surface area contributed by atoms with Gasteiger partial charge in [0.05, 0.1) is 11.2 Å². The van der Waals surface area contributed by atoms with E-state index in [4.69, 9.17) is 0 Å². The van der Waals surface area contributed by atoms with Crippen molar-refractivity contribution in [1.29, 1.82) is 0 Å². The summed E-state index contributed by atoms with van der Waals surface area (Å²) in [6, 6.07) is 4.44. The largest absolute Gasteiger partial charge is 0.388 e. The molecule has 1 aliphatic carbocycles. The van der Waals surface area contributed by atoms with Crippen molar-refractivity contribution in [3.63, 3.8) is 0 Å². The molecule has 2 rings (SSSR count). The minimum absolute atomic E-state index is 0.0411. The van der Waals surface area contributed by atoms with Crippen LogP contribution in [0, 0.1) is 12.7 Å². The summed E-state index contributed by atoms with van der Waals surface area (Å²) in [5, 5.41) is 12.9. The lowest BCUT2D eigenvalue weighted by molar-refractivity contribution is 0.00521. The van der Waals surface area contributed by atoms with Gasteiger partial charge < -0.3 is 10.4 Å². The zero-order valence-corrected chi connectivity index (χ0v) is 11.2. The molecule has 1 fully saturated rings. The van der Waals surface area contributed by atoms with E-state index in [1.54, 1.807) is 6.07 Å². The Morgan fingerprint density at radius 3 is 2.74 bits per heavy atom. The predicted octanol–water partition coefficient (Wildman–Crippen LogP) is 2.56. The van der Waals surface area contributed by atoms with Gasteiger partial charge in [0, 0.05) is 6.54 Å². The van der Waals surface area contributed by atoms with Crippen molar-refractivity contribution in [2.75, 3.05) is 6.54 Å². The van der Waals surface area contributed by atoms with Crippen molar-refractivity contribution in [3.8, 4) is 0 Å². The highest BCUT2D eigenvalue weighted by Crippen LogP contribution is 2.27. The second-order valence-corrected chi connectivity index (χ2v) is 5.45. The fraction of sp³-hybridized carbons (Fsp3) is 0.533. The molecular formula is C15H20FNO2. The van der Waals surface area contributed by atoms with Crippen molar-refractivity contribution in [2.45, 2.75) is 44.6 Å². The summed E-state index contributed by atoms with van der Waals surface area (Å²) in [5.41, 5.74) is 0.0520. The van der Waals surface area contributed by atoms with E-state index in [2.05, 4.69) is 5.32 Å². The zero-order valence-electron chi connectivity index (χ0n) is 11.2. The lowest BCUT2D eigenvalue weighted by atomic mass is 9.85. The monoisotopic (exact) mass is 265 g/mol. The maximum Gasteiger partial charge on any atom is 0.254 e. The standard InChI is InChI=1S/C15H20FNO2/c1-11-5-6-13(16)12(9-11)14(18)17-10-15(19)7-3-2-4-8-15/h5-6,9,19H,2-4,7-8,10H2,1H3,(H,17,18). The van der Waals surface area contributed by atoms with E-state index in [-0.39, 0.29) is 12.1 Å². The summed E-state index contributed by atoms with van der Waals surface area (Å²) in [7, 11) is 0. The lowest BCUT2D eigenvalue weighted by Gasteiger charge is -2.32. The van der Waals surface area contributed by atoms with Crippen LogP contribution in [-0.4, -0.2) is 23.2 Å². The number of hydrogen-bond donors (Lipinski definition) is 2. The predicted molar refractivity (Wildman–Crippen MR) is 71.5 cm³/mol. The molecular weight excluding hydrogens is 245 g/mol. The van der Waals surface area contributed by atoms with Gasteiger partial charge in [0.1, 0.15) is 5.82 Å². The van der Waals surface area contributed by atoms with E-state index in [0.717, 1.165) is 24.8 Å². The van der Waals surface area contributed by atoms with E-state index in [0.29, 0.717) is 12.8 Å². The number of hydrogen-bond acceptors (Lipinski definition) is 2. The van der Waals surface area contributed by atoms with Gasteiger partial charge in [-0.25, -0.2) is 4.39 Å². The average molecular weight is 265 g/mol. The smallest absolute Gasteiger partial charge is 0.254 e. The second kappa shape index (κ2) is 5.70. The third-order valence-electron chi connectivity index (χ3n) is 3.73. The van der Waals surface area contributed by atoms with Crippen LogP contribution in [0.4, 0.5) is 4.39 Å². The Hall–Kier alpha value is -1.42. The number of aliphatic hydroxyl groups is 1. The van der Waals surface area contributed by atoms with Gasteiger partial charge in [0.2, 0.25) is 0 Å². The summed E-state index contributed by atoms with van der Waals surface area (Å²) >= 11 is 0. The highest BCUT2D eigenvalue weighted by Gasteiger charge is 2.29. The third kappa shape index (κ3) is 3.53. The summed E-state index contributed by atoms with van der Waals surface area (Å²) in [5.74, 6) is -0.987. The number of carbonyl (C=O) groups excluding carboxylic acids is 1. The molecule has 1 aromatic carbocycles. The SMILES string of the molecule is Cc1ccc(F)c(C(=O)NCC2(O)CCCCC2)c1. The van der Waals surface area contributed by atoms with E-state index >= 15 is 0 Å². The fourth-order valence-electron chi connectivity index (χ4n) is 2.54. The fourth-order valence-corrected chi connectivity index (χ4v) is 2.54. The summed E-state index contributed by atoms with van der Waals surface area (Å²) in [6.45, 7) is 2.00. The van der Waals surface area contributed by atoms with E-state index in [1.807, 2.05) is 6.92 Å². The first kappa shape index (κ1) is 14.0. The molecule has 0 bridgehead atoms. The Kier molecular flexibility index (Phi) is 4.20. The van der Waals surface area contributed by atoms with Gasteiger partial charge in [-0.3, -0.25) is 4.79 Å². The number of aryl methyl sites for hydroxylation is 1. The van der Waals surface area contributed by atoms with Gasteiger partial charge in [0.25, 0.3) is 5.91 Å². The molecule has 1 aliphatic rings. The van der Waals surface area contributed by atoms with Gasteiger partial charge in [-0.05, 0) is 31.9 Å². The van der Waals surface area contributed by atoms with Crippen molar-refractivity contribution < 1.29 is 14.3 Å². The van der Waals surface area contributed by atoms with Crippen LogP contribution < -0.4 is 5.32 Å². The van der Waals surface area contributed by atoms with Gasteiger partial charge >= 0.3 is 0 Å². The van der Waals surface area contributed by atoms with E-state index < -0.39 is 17.3 Å². The molecule has 0 aliphatic heterocycles. The Bertz CT molecular complexity index is 467. The average Bonchev–Trinajstić information content (AvgIpc) is 2.40. The summed E-state index contributed by atoms with van der Waals surface area (Å²) in [4.78, 5) is 11.9. The van der Waals surface area contributed by atoms with Crippen molar-refractivity contribution in [3.05, 3.63) is 35.1 Å². The van der Waals surface area contributed by atoms with Crippen LogP contribution in [0.25, 0.3) is 0 Å². The topological polar surface area (TPSA) is 49.3 Å². The molecule has 0 unspecified atom stereocenters. The molecule has 0 radical (unpaired) electrons. The molecule has 104 valence electrons. The van der Waals surface area contributed by atoms with Crippen molar-refractivity contribution in [2.24, 2.45) is 0 Å². The van der Waals surface area contributed by atoms with Crippen LogP contribution >= 0.6 is 0 Å². The Morgan fingerprint density at radius 1 is 1.37 bits per heavy atom.